The first-order chi connectivity index (χ1) is 10.2. The molecule has 0 heterocycles. The van der Waals surface area contributed by atoms with Crippen LogP contribution in [0.5, 0.6) is 0 Å². The summed E-state index contributed by atoms with van der Waals surface area (Å²) < 4.78 is 0. The Hall–Kier alpha value is -1.84. The van der Waals surface area contributed by atoms with Crippen molar-refractivity contribution in [1.29, 1.82) is 0 Å². The van der Waals surface area contributed by atoms with Crippen LogP contribution in [0.15, 0.2) is 30.3 Å². The molecule has 1 aromatic rings. The zero-order valence-corrected chi connectivity index (χ0v) is 12.3. The van der Waals surface area contributed by atoms with E-state index in [1.165, 1.54) is 0 Å². The van der Waals surface area contributed by atoms with E-state index in [0.717, 1.165) is 31.2 Å². The molecule has 0 aliphatic heterocycles. The van der Waals surface area contributed by atoms with Gasteiger partial charge in [0.1, 0.15) is 0 Å². The number of carboxylic acid groups (broad SMARTS) is 1. The summed E-state index contributed by atoms with van der Waals surface area (Å²) in [5.41, 5.74) is 1.06. The third-order valence-corrected chi connectivity index (χ3v) is 4.28. The molecule has 1 fully saturated rings. The fourth-order valence-electron chi connectivity index (χ4n) is 3.14. The Bertz CT molecular complexity index is 466. The zero-order valence-electron chi connectivity index (χ0n) is 12.3. The van der Waals surface area contributed by atoms with E-state index >= 15 is 0 Å². The number of amides is 1. The van der Waals surface area contributed by atoms with Crippen molar-refractivity contribution < 1.29 is 14.7 Å². The number of hydrogen-bond acceptors (Lipinski definition) is 2. The van der Waals surface area contributed by atoms with E-state index in [4.69, 9.17) is 5.11 Å². The van der Waals surface area contributed by atoms with E-state index in [1.807, 2.05) is 30.3 Å². The second-order valence-electron chi connectivity index (χ2n) is 5.79. The molecule has 0 bridgehead atoms. The van der Waals surface area contributed by atoms with Crippen molar-refractivity contribution >= 4 is 11.9 Å². The Kier molecular flexibility index (Phi) is 5.78. The molecular formula is C17H23NO3. The maximum Gasteiger partial charge on any atom is 0.303 e. The van der Waals surface area contributed by atoms with E-state index < -0.39 is 5.97 Å². The highest BCUT2D eigenvalue weighted by molar-refractivity contribution is 5.79. The molecule has 0 spiro atoms. The van der Waals surface area contributed by atoms with Gasteiger partial charge in [-0.2, -0.15) is 0 Å². The highest BCUT2D eigenvalue weighted by Gasteiger charge is 2.30. The molecule has 1 aromatic carbocycles. The van der Waals surface area contributed by atoms with Crippen molar-refractivity contribution in [3.8, 4) is 0 Å². The van der Waals surface area contributed by atoms with E-state index in [9.17, 15) is 9.59 Å². The average molecular weight is 289 g/mol. The van der Waals surface area contributed by atoms with Crippen LogP contribution < -0.4 is 5.32 Å². The summed E-state index contributed by atoms with van der Waals surface area (Å²) >= 11 is 0. The summed E-state index contributed by atoms with van der Waals surface area (Å²) in [6.45, 7) is 0.510. The van der Waals surface area contributed by atoms with Crippen LogP contribution in [0.2, 0.25) is 0 Å². The molecule has 0 radical (unpaired) electrons. The lowest BCUT2D eigenvalue weighted by Gasteiger charge is -2.22. The Labute approximate surface area is 125 Å². The van der Waals surface area contributed by atoms with Gasteiger partial charge >= 0.3 is 5.97 Å². The number of carbonyl (C=O) groups excluding carboxylic acids is 1. The predicted molar refractivity (Wildman–Crippen MR) is 80.6 cm³/mol. The Morgan fingerprint density at radius 1 is 1.19 bits per heavy atom. The molecule has 4 heteroatoms. The maximum atomic E-state index is 12.4. The van der Waals surface area contributed by atoms with Gasteiger partial charge in [0.05, 0.1) is 0 Å². The minimum atomic E-state index is -0.825. The lowest BCUT2D eigenvalue weighted by Crippen LogP contribution is -2.34. The van der Waals surface area contributed by atoms with E-state index in [-0.39, 0.29) is 18.2 Å². The first-order valence-electron chi connectivity index (χ1n) is 7.70. The van der Waals surface area contributed by atoms with Crippen LogP contribution in [0.4, 0.5) is 0 Å². The molecule has 1 amide bonds. The number of carbonyl (C=O) groups is 2. The van der Waals surface area contributed by atoms with Crippen molar-refractivity contribution in [2.24, 2.45) is 11.8 Å². The predicted octanol–water partition coefficient (Wildman–Crippen LogP) is 2.97. The molecule has 1 unspecified atom stereocenters. The highest BCUT2D eigenvalue weighted by atomic mass is 16.4. The van der Waals surface area contributed by atoms with Crippen LogP contribution in [-0.2, 0) is 16.1 Å². The third kappa shape index (κ3) is 4.88. The maximum absolute atomic E-state index is 12.4. The van der Waals surface area contributed by atoms with Gasteiger partial charge in [-0.25, -0.2) is 0 Å². The van der Waals surface area contributed by atoms with Gasteiger partial charge in [-0.3, -0.25) is 9.59 Å². The normalized spacial score (nSPS) is 16.6. The molecular weight excluding hydrogens is 266 g/mol. The number of benzene rings is 1. The fraction of sp³-hybridized carbons (Fsp3) is 0.529. The summed E-state index contributed by atoms with van der Waals surface area (Å²) in [7, 11) is 0. The number of aliphatic carboxylic acids is 1. The van der Waals surface area contributed by atoms with Gasteiger partial charge in [-0.15, -0.1) is 0 Å². The monoisotopic (exact) mass is 289 g/mol. The molecule has 2 rings (SSSR count). The van der Waals surface area contributed by atoms with Crippen LogP contribution in [0.3, 0.4) is 0 Å². The van der Waals surface area contributed by atoms with Gasteiger partial charge in [0.2, 0.25) is 5.91 Å². The van der Waals surface area contributed by atoms with Crippen LogP contribution in [-0.4, -0.2) is 17.0 Å². The number of hydrogen-bond donors (Lipinski definition) is 2. The second kappa shape index (κ2) is 7.81. The SMILES string of the molecule is O=C(O)CCC(C(=O)NCc1ccccc1)C1CCCC1. The average Bonchev–Trinajstić information content (AvgIpc) is 3.00. The van der Waals surface area contributed by atoms with Crippen LogP contribution in [0.1, 0.15) is 44.1 Å². The molecule has 1 saturated carbocycles. The quantitative estimate of drug-likeness (QED) is 0.811. The highest BCUT2D eigenvalue weighted by Crippen LogP contribution is 2.34. The first-order valence-corrected chi connectivity index (χ1v) is 7.70. The topological polar surface area (TPSA) is 66.4 Å². The van der Waals surface area contributed by atoms with Crippen molar-refractivity contribution in [3.63, 3.8) is 0 Å². The molecule has 114 valence electrons. The van der Waals surface area contributed by atoms with Gasteiger partial charge in [-0.1, -0.05) is 43.2 Å². The van der Waals surface area contributed by atoms with Crippen molar-refractivity contribution in [2.45, 2.75) is 45.1 Å². The van der Waals surface area contributed by atoms with Crippen LogP contribution >= 0.6 is 0 Å². The standard InChI is InChI=1S/C17H23NO3/c19-16(20)11-10-15(14-8-4-5-9-14)17(21)18-12-13-6-2-1-3-7-13/h1-3,6-7,14-15H,4-5,8-12H2,(H,18,21)(H,19,20). The summed E-state index contributed by atoms with van der Waals surface area (Å²) in [6, 6.07) is 9.78. The van der Waals surface area contributed by atoms with Gasteiger partial charge in [0.15, 0.2) is 0 Å². The van der Waals surface area contributed by atoms with Crippen molar-refractivity contribution in [3.05, 3.63) is 35.9 Å². The molecule has 1 aliphatic rings. The zero-order chi connectivity index (χ0) is 15.1. The fourth-order valence-corrected chi connectivity index (χ4v) is 3.14. The minimum absolute atomic E-state index is 0.00648. The Balaban J connectivity index is 1.91. The van der Waals surface area contributed by atoms with Gasteiger partial charge in [0, 0.05) is 18.9 Å². The summed E-state index contributed by atoms with van der Waals surface area (Å²) in [5, 5.41) is 11.8. The molecule has 4 nitrogen and oxygen atoms in total. The molecule has 1 atom stereocenters. The Morgan fingerprint density at radius 2 is 1.86 bits per heavy atom. The number of nitrogens with one attached hydrogen (secondary N) is 1. The molecule has 0 aromatic heterocycles. The molecule has 21 heavy (non-hydrogen) atoms. The molecule has 1 aliphatic carbocycles. The number of carboxylic acids is 1. The van der Waals surface area contributed by atoms with E-state index in [1.54, 1.807) is 0 Å². The molecule has 0 saturated heterocycles. The second-order valence-corrected chi connectivity index (χ2v) is 5.79. The van der Waals surface area contributed by atoms with E-state index in [2.05, 4.69) is 5.32 Å². The summed E-state index contributed by atoms with van der Waals surface area (Å²) in [6.07, 6.45) is 4.91. The van der Waals surface area contributed by atoms with Crippen LogP contribution in [0.25, 0.3) is 0 Å². The minimum Gasteiger partial charge on any atom is -0.481 e. The van der Waals surface area contributed by atoms with Crippen LogP contribution in [0, 0.1) is 11.8 Å². The summed E-state index contributed by atoms with van der Waals surface area (Å²) in [4.78, 5) is 23.2. The third-order valence-electron chi connectivity index (χ3n) is 4.28. The molecule has 2 N–H and O–H groups in total. The Morgan fingerprint density at radius 3 is 2.48 bits per heavy atom. The van der Waals surface area contributed by atoms with Gasteiger partial charge in [0.25, 0.3) is 0 Å². The number of rotatable bonds is 7. The lowest BCUT2D eigenvalue weighted by atomic mass is 9.86. The largest absolute Gasteiger partial charge is 0.481 e. The van der Waals surface area contributed by atoms with Gasteiger partial charge < -0.3 is 10.4 Å². The summed E-state index contributed by atoms with van der Waals surface area (Å²) in [5.74, 6) is -0.631. The smallest absolute Gasteiger partial charge is 0.303 e. The van der Waals surface area contributed by atoms with Gasteiger partial charge in [-0.05, 0) is 30.7 Å². The first kappa shape index (κ1) is 15.5. The van der Waals surface area contributed by atoms with E-state index in [0.29, 0.717) is 18.9 Å². The van der Waals surface area contributed by atoms with Crippen molar-refractivity contribution in [2.75, 3.05) is 0 Å². The van der Waals surface area contributed by atoms with Crippen molar-refractivity contribution in [1.82, 2.24) is 5.32 Å². The lowest BCUT2D eigenvalue weighted by molar-refractivity contribution is -0.137.